The van der Waals surface area contributed by atoms with Gasteiger partial charge in [0, 0.05) is 22.4 Å². The summed E-state index contributed by atoms with van der Waals surface area (Å²) in [5, 5.41) is 10.2. The van der Waals surface area contributed by atoms with Crippen LogP contribution in [0.15, 0.2) is 57.7 Å². The zero-order valence-electron chi connectivity index (χ0n) is 10.7. The topological polar surface area (TPSA) is 80.9 Å². The van der Waals surface area contributed by atoms with Crippen molar-refractivity contribution in [3.05, 3.63) is 58.8 Å². The molecular formula is C14H9BrN4O2. The quantitative estimate of drug-likeness (QED) is 0.789. The van der Waals surface area contributed by atoms with Crippen LogP contribution in [0, 0.1) is 0 Å². The van der Waals surface area contributed by atoms with Gasteiger partial charge in [-0.15, -0.1) is 5.10 Å². The number of carbonyl (C=O) groups excluding carboxylic acids is 1. The fourth-order valence-electron chi connectivity index (χ4n) is 1.65. The highest BCUT2D eigenvalue weighted by Crippen LogP contribution is 2.19. The van der Waals surface area contributed by atoms with Crippen molar-refractivity contribution < 1.29 is 9.21 Å². The van der Waals surface area contributed by atoms with Crippen molar-refractivity contribution in [2.45, 2.75) is 0 Å². The second-order valence-electron chi connectivity index (χ2n) is 4.12. The van der Waals surface area contributed by atoms with Gasteiger partial charge in [0.25, 0.3) is 11.8 Å². The van der Waals surface area contributed by atoms with E-state index in [0.717, 1.165) is 4.47 Å². The van der Waals surface area contributed by atoms with Gasteiger partial charge in [0.05, 0.1) is 5.56 Å². The molecule has 2 heterocycles. The molecule has 0 atom stereocenters. The average molecular weight is 345 g/mol. The van der Waals surface area contributed by atoms with Crippen LogP contribution in [0.4, 0.5) is 6.01 Å². The van der Waals surface area contributed by atoms with Gasteiger partial charge in [0.1, 0.15) is 0 Å². The Morgan fingerprint density at radius 1 is 1.14 bits per heavy atom. The lowest BCUT2D eigenvalue weighted by Crippen LogP contribution is -2.11. The molecule has 0 fully saturated rings. The Hall–Kier alpha value is -2.54. The lowest BCUT2D eigenvalue weighted by atomic mass is 10.2. The van der Waals surface area contributed by atoms with E-state index in [1.807, 2.05) is 0 Å². The predicted molar refractivity (Wildman–Crippen MR) is 79.6 cm³/mol. The van der Waals surface area contributed by atoms with Crippen LogP contribution in [0.5, 0.6) is 0 Å². The van der Waals surface area contributed by atoms with E-state index in [0.29, 0.717) is 17.0 Å². The maximum absolute atomic E-state index is 12.0. The third-order valence-electron chi connectivity index (χ3n) is 2.66. The Kier molecular flexibility index (Phi) is 3.74. The summed E-state index contributed by atoms with van der Waals surface area (Å²) in [6, 6.07) is 10.5. The average Bonchev–Trinajstić information content (AvgIpc) is 2.97. The number of hydrogen-bond donors (Lipinski definition) is 1. The van der Waals surface area contributed by atoms with Crippen LogP contribution in [0.3, 0.4) is 0 Å². The van der Waals surface area contributed by atoms with Crippen LogP contribution in [0.25, 0.3) is 11.5 Å². The number of nitrogens with one attached hydrogen (secondary N) is 1. The molecule has 3 rings (SSSR count). The Labute approximate surface area is 128 Å². The SMILES string of the molecule is O=C(Nc1nnc(-c2cccnc2)o1)c1ccc(Br)cc1. The largest absolute Gasteiger partial charge is 0.403 e. The summed E-state index contributed by atoms with van der Waals surface area (Å²) in [5.41, 5.74) is 1.19. The molecule has 0 bridgehead atoms. The molecule has 0 unspecified atom stereocenters. The van der Waals surface area contributed by atoms with Crippen LogP contribution in [-0.4, -0.2) is 21.1 Å². The van der Waals surface area contributed by atoms with E-state index in [2.05, 4.69) is 36.4 Å². The van der Waals surface area contributed by atoms with E-state index in [9.17, 15) is 4.79 Å². The van der Waals surface area contributed by atoms with Crippen molar-refractivity contribution in [1.29, 1.82) is 0 Å². The number of nitrogens with zero attached hydrogens (tertiary/aromatic N) is 3. The van der Waals surface area contributed by atoms with E-state index >= 15 is 0 Å². The first kappa shape index (κ1) is 13.4. The Morgan fingerprint density at radius 3 is 2.67 bits per heavy atom. The molecule has 0 aliphatic rings. The van der Waals surface area contributed by atoms with Gasteiger partial charge in [0.15, 0.2) is 0 Å². The Morgan fingerprint density at radius 2 is 1.95 bits per heavy atom. The monoisotopic (exact) mass is 344 g/mol. The fourth-order valence-corrected chi connectivity index (χ4v) is 1.91. The molecule has 0 aliphatic carbocycles. The van der Waals surface area contributed by atoms with Crippen LogP contribution >= 0.6 is 15.9 Å². The molecule has 0 spiro atoms. The molecule has 1 aromatic carbocycles. The lowest BCUT2D eigenvalue weighted by Gasteiger charge is -2.00. The third kappa shape index (κ3) is 3.14. The van der Waals surface area contributed by atoms with Gasteiger partial charge in [-0.2, -0.15) is 0 Å². The summed E-state index contributed by atoms with van der Waals surface area (Å²) in [6.45, 7) is 0. The minimum atomic E-state index is -0.316. The molecule has 104 valence electrons. The van der Waals surface area contributed by atoms with Gasteiger partial charge in [0.2, 0.25) is 0 Å². The van der Waals surface area contributed by atoms with E-state index in [1.165, 1.54) is 0 Å². The lowest BCUT2D eigenvalue weighted by molar-refractivity contribution is 0.102. The van der Waals surface area contributed by atoms with Crippen molar-refractivity contribution in [2.75, 3.05) is 5.32 Å². The summed E-state index contributed by atoms with van der Waals surface area (Å²) < 4.78 is 6.28. The summed E-state index contributed by atoms with van der Waals surface area (Å²) >= 11 is 3.31. The van der Waals surface area contributed by atoms with Crippen molar-refractivity contribution in [1.82, 2.24) is 15.2 Å². The summed E-state index contributed by atoms with van der Waals surface area (Å²) in [5.74, 6) is -0.0157. The van der Waals surface area contributed by atoms with Crippen molar-refractivity contribution >= 4 is 27.9 Å². The molecule has 0 saturated carbocycles. The first-order valence-corrected chi connectivity index (χ1v) is 6.82. The predicted octanol–water partition coefficient (Wildman–Crippen LogP) is 3.15. The number of carbonyl (C=O) groups is 1. The maximum atomic E-state index is 12.0. The fraction of sp³-hybridized carbons (Fsp3) is 0. The van der Waals surface area contributed by atoms with E-state index in [4.69, 9.17) is 4.42 Å². The number of halogens is 1. The van der Waals surface area contributed by atoms with Crippen molar-refractivity contribution in [2.24, 2.45) is 0 Å². The number of rotatable bonds is 3. The number of anilines is 1. The first-order chi connectivity index (χ1) is 10.2. The zero-order valence-corrected chi connectivity index (χ0v) is 12.2. The van der Waals surface area contributed by atoms with Gasteiger partial charge in [-0.25, -0.2) is 0 Å². The molecule has 2 aromatic heterocycles. The molecule has 6 nitrogen and oxygen atoms in total. The Balaban J connectivity index is 1.75. The van der Waals surface area contributed by atoms with Gasteiger partial charge < -0.3 is 4.42 Å². The summed E-state index contributed by atoms with van der Waals surface area (Å²) in [6.07, 6.45) is 3.25. The Bertz CT molecular complexity index is 756. The summed E-state index contributed by atoms with van der Waals surface area (Å²) in [7, 11) is 0. The molecule has 0 saturated heterocycles. The van der Waals surface area contributed by atoms with E-state index in [1.54, 1.807) is 48.8 Å². The highest BCUT2D eigenvalue weighted by atomic mass is 79.9. The molecule has 0 radical (unpaired) electrons. The minimum absolute atomic E-state index is 0.0433. The van der Waals surface area contributed by atoms with E-state index < -0.39 is 0 Å². The third-order valence-corrected chi connectivity index (χ3v) is 3.19. The highest BCUT2D eigenvalue weighted by Gasteiger charge is 2.12. The van der Waals surface area contributed by atoms with Crippen LogP contribution < -0.4 is 5.32 Å². The molecule has 21 heavy (non-hydrogen) atoms. The van der Waals surface area contributed by atoms with Gasteiger partial charge in [-0.05, 0) is 36.4 Å². The molecule has 3 aromatic rings. The van der Waals surface area contributed by atoms with Crippen molar-refractivity contribution in [3.8, 4) is 11.5 Å². The number of hydrogen-bond acceptors (Lipinski definition) is 5. The standard InChI is InChI=1S/C14H9BrN4O2/c15-11-5-3-9(4-6-11)12(20)17-14-19-18-13(21-14)10-2-1-7-16-8-10/h1-8H,(H,17,19,20). The highest BCUT2D eigenvalue weighted by molar-refractivity contribution is 9.10. The molecule has 1 N–H and O–H groups in total. The van der Waals surface area contributed by atoms with Gasteiger partial charge >= 0.3 is 6.01 Å². The van der Waals surface area contributed by atoms with Gasteiger partial charge in [-0.3, -0.25) is 15.1 Å². The molecule has 0 aliphatic heterocycles. The molecule has 1 amide bonds. The number of aromatic nitrogens is 3. The second kappa shape index (κ2) is 5.84. The zero-order chi connectivity index (χ0) is 14.7. The second-order valence-corrected chi connectivity index (χ2v) is 5.03. The first-order valence-electron chi connectivity index (χ1n) is 6.03. The van der Waals surface area contributed by atoms with Crippen LogP contribution in [0.1, 0.15) is 10.4 Å². The number of benzene rings is 1. The summed E-state index contributed by atoms with van der Waals surface area (Å²) in [4.78, 5) is 16.0. The maximum Gasteiger partial charge on any atom is 0.322 e. The smallest absolute Gasteiger partial charge is 0.322 e. The van der Waals surface area contributed by atoms with Crippen molar-refractivity contribution in [3.63, 3.8) is 0 Å². The van der Waals surface area contributed by atoms with E-state index in [-0.39, 0.29) is 11.9 Å². The number of pyridine rings is 1. The normalized spacial score (nSPS) is 10.3. The van der Waals surface area contributed by atoms with Crippen LogP contribution in [-0.2, 0) is 0 Å². The van der Waals surface area contributed by atoms with Gasteiger partial charge in [-0.1, -0.05) is 21.0 Å². The van der Waals surface area contributed by atoms with Crippen LogP contribution in [0.2, 0.25) is 0 Å². The minimum Gasteiger partial charge on any atom is -0.403 e. The molecule has 7 heteroatoms. The number of amides is 1. The molecular weight excluding hydrogens is 336 g/mol.